The van der Waals surface area contributed by atoms with E-state index in [0.717, 1.165) is 76.9 Å². The molecule has 11 rings (SSSR count). The summed E-state index contributed by atoms with van der Waals surface area (Å²) in [5.41, 5.74) is 25.8. The highest BCUT2D eigenvalue weighted by molar-refractivity contribution is 6.12. The van der Waals surface area contributed by atoms with Gasteiger partial charge in [-0.3, -0.25) is 0 Å². The third-order valence-electron chi connectivity index (χ3n) is 19.3. The molecule has 0 spiro atoms. The summed E-state index contributed by atoms with van der Waals surface area (Å²) in [6.07, 6.45) is 4.16. The van der Waals surface area contributed by atoms with Gasteiger partial charge in [-0.1, -0.05) is 278 Å². The normalized spacial score (nSPS) is 14.0. The molecule has 9 aromatic carbocycles. The maximum Gasteiger partial charge on any atom is 0.0947 e. The van der Waals surface area contributed by atoms with Gasteiger partial charge < -0.3 is 14.7 Å². The average Bonchev–Trinajstić information content (AvgIpc) is 0.712. The van der Waals surface area contributed by atoms with Crippen LogP contribution in [0.4, 0.5) is 51.2 Å². The molecule has 0 unspecified atom stereocenters. The van der Waals surface area contributed by atoms with Crippen LogP contribution in [0.3, 0.4) is 0 Å². The van der Waals surface area contributed by atoms with Crippen LogP contribution in [0.15, 0.2) is 200 Å². The third kappa shape index (κ3) is 12.8. The van der Waals surface area contributed by atoms with Crippen LogP contribution in [0.25, 0.3) is 0 Å². The molecule has 0 aliphatic carbocycles. The van der Waals surface area contributed by atoms with E-state index in [0.29, 0.717) is 0 Å². The maximum absolute atomic E-state index is 2.60. The Kier molecular flexibility index (Phi) is 16.1. The molecule has 3 nitrogen and oxygen atoms in total. The van der Waals surface area contributed by atoms with E-state index in [1.54, 1.807) is 0 Å². The minimum absolute atomic E-state index is 0.207. The summed E-state index contributed by atoms with van der Waals surface area (Å²) in [6, 6.07) is 78.2. The van der Waals surface area contributed by atoms with Crippen molar-refractivity contribution < 1.29 is 0 Å². The van der Waals surface area contributed by atoms with Gasteiger partial charge in [-0.25, -0.2) is 0 Å². The van der Waals surface area contributed by atoms with Crippen LogP contribution >= 0.6 is 0 Å². The van der Waals surface area contributed by atoms with E-state index in [-0.39, 0.29) is 43.3 Å². The van der Waals surface area contributed by atoms with Gasteiger partial charge in [0.1, 0.15) is 0 Å². The Hall–Kier alpha value is -7.62. The number of para-hydroxylation sites is 1. The predicted octanol–water partition coefficient (Wildman–Crippen LogP) is 24.4. The van der Waals surface area contributed by atoms with Gasteiger partial charge in [-0.2, -0.15) is 0 Å². The molecule has 0 amide bonds. The first-order valence-corrected chi connectivity index (χ1v) is 33.0. The van der Waals surface area contributed by atoms with E-state index in [1.807, 2.05) is 0 Å². The molecule has 0 atom stereocenters. The molecule has 89 heavy (non-hydrogen) atoms. The Labute approximate surface area is 537 Å². The molecule has 2 heterocycles. The second-order valence-electron chi connectivity index (χ2n) is 33.4. The summed E-state index contributed by atoms with van der Waals surface area (Å²) in [5, 5.41) is 0. The summed E-state index contributed by atoms with van der Waals surface area (Å²) < 4.78 is 0. The number of benzene rings is 9. The summed E-state index contributed by atoms with van der Waals surface area (Å²) >= 11 is 0. The lowest BCUT2D eigenvalue weighted by molar-refractivity contribution is 0.411. The van der Waals surface area contributed by atoms with Crippen LogP contribution in [0, 0.1) is 21.7 Å². The van der Waals surface area contributed by atoms with Crippen molar-refractivity contribution in [1.29, 1.82) is 0 Å². The summed E-state index contributed by atoms with van der Waals surface area (Å²) in [6.45, 7) is 47.0. The van der Waals surface area contributed by atoms with Crippen molar-refractivity contribution >= 4 is 51.2 Å². The number of fused-ring (bicyclic) bond motifs is 4. The lowest BCUT2D eigenvalue weighted by Crippen LogP contribution is -2.31. The van der Waals surface area contributed by atoms with E-state index in [4.69, 9.17) is 0 Å². The molecular formula is C86H101N3. The molecule has 460 valence electrons. The first-order chi connectivity index (χ1) is 41.6. The van der Waals surface area contributed by atoms with Gasteiger partial charge in [-0.15, -0.1) is 0 Å². The quantitative estimate of drug-likeness (QED) is 0.107. The summed E-state index contributed by atoms with van der Waals surface area (Å²) in [5.74, 6) is 0. The molecule has 0 saturated carbocycles. The standard InChI is InChI=1S/C86H101N3/c1-79(2,3)54-58-30-38-62(39-31-58)83(13,14)66-24-21-26-70(50-66)87-74-28-23-29-75-78(74)89(72-48-46-68(52-76(72)87)85(17,18)64-42-34-60(35-43-64)56-81(7,8)9)73-49-47-69(86(19,20)65-44-36-61(37-45-65)57-82(10,11)12)53-77(73)88(75)71-27-22-25-67(51-71)84(15,16)63-40-32-59(33-41-63)55-80(4,5)6/h21-53H,54-57H2,1-20H3. The molecule has 0 radical (unpaired) electrons. The van der Waals surface area contributed by atoms with Crippen molar-refractivity contribution in [2.45, 2.75) is 186 Å². The van der Waals surface area contributed by atoms with Crippen LogP contribution in [0.5, 0.6) is 0 Å². The van der Waals surface area contributed by atoms with E-state index in [1.165, 1.54) is 66.8 Å². The molecule has 0 bridgehead atoms. The van der Waals surface area contributed by atoms with Crippen LogP contribution in [0.1, 0.15) is 205 Å². The zero-order valence-electron chi connectivity index (χ0n) is 57.7. The highest BCUT2D eigenvalue weighted by Gasteiger charge is 2.42. The highest BCUT2D eigenvalue weighted by atomic mass is 15.3. The van der Waals surface area contributed by atoms with Crippen LogP contribution in [0.2, 0.25) is 0 Å². The lowest BCUT2D eigenvalue weighted by Gasteiger charge is -2.48. The lowest BCUT2D eigenvalue weighted by atomic mass is 9.76. The second-order valence-corrected chi connectivity index (χ2v) is 33.4. The highest BCUT2D eigenvalue weighted by Crippen LogP contribution is 2.64. The number of hydrogen-bond donors (Lipinski definition) is 0. The zero-order valence-corrected chi connectivity index (χ0v) is 57.7. The van der Waals surface area contributed by atoms with E-state index in [2.05, 4.69) is 353 Å². The maximum atomic E-state index is 2.60. The summed E-state index contributed by atoms with van der Waals surface area (Å²) in [4.78, 5) is 7.75. The van der Waals surface area contributed by atoms with E-state index in [9.17, 15) is 0 Å². The fraction of sp³-hybridized carbons (Fsp3) is 0.372. The van der Waals surface area contributed by atoms with Crippen molar-refractivity contribution in [3.63, 3.8) is 0 Å². The smallest absolute Gasteiger partial charge is 0.0947 e. The Morgan fingerprint density at radius 1 is 0.213 bits per heavy atom. The van der Waals surface area contributed by atoms with E-state index >= 15 is 0 Å². The summed E-state index contributed by atoms with van der Waals surface area (Å²) in [7, 11) is 0. The SMILES string of the molecule is CC(C)(C)Cc1ccc(C(C)(C)c2cccc(N3c4cc(C(C)(C)c5ccc(CC(C)(C)C)cc5)ccc4N4c5ccc(C(C)(C)c6ccc(CC(C)(C)C)cc6)cc5N(c5cccc(C(C)(C)c6ccc(CC(C)(C)C)cc6)c5)c5cccc3c54)c2)cc1. The largest absolute Gasteiger partial charge is 0.306 e. The van der Waals surface area contributed by atoms with Crippen molar-refractivity contribution in [3.05, 3.63) is 267 Å². The van der Waals surface area contributed by atoms with Crippen molar-refractivity contribution in [3.8, 4) is 0 Å². The molecule has 0 saturated heterocycles. The van der Waals surface area contributed by atoms with Crippen molar-refractivity contribution in [2.75, 3.05) is 14.7 Å². The topological polar surface area (TPSA) is 9.72 Å². The van der Waals surface area contributed by atoms with E-state index < -0.39 is 0 Å². The van der Waals surface area contributed by atoms with Gasteiger partial charge >= 0.3 is 0 Å². The van der Waals surface area contributed by atoms with Gasteiger partial charge in [-0.05, 0) is 175 Å². The minimum Gasteiger partial charge on any atom is -0.306 e. The number of hydrogen-bond acceptors (Lipinski definition) is 3. The molecule has 2 aliphatic heterocycles. The zero-order chi connectivity index (χ0) is 64.0. The van der Waals surface area contributed by atoms with Crippen LogP contribution in [-0.2, 0) is 47.3 Å². The fourth-order valence-corrected chi connectivity index (χ4v) is 14.2. The van der Waals surface area contributed by atoms with Gasteiger partial charge in [0.2, 0.25) is 0 Å². The van der Waals surface area contributed by atoms with Crippen molar-refractivity contribution in [1.82, 2.24) is 0 Å². The molecule has 3 heteroatoms. The van der Waals surface area contributed by atoms with Crippen molar-refractivity contribution in [2.24, 2.45) is 21.7 Å². The van der Waals surface area contributed by atoms with Gasteiger partial charge in [0.15, 0.2) is 0 Å². The van der Waals surface area contributed by atoms with Crippen LogP contribution in [-0.4, -0.2) is 0 Å². The van der Waals surface area contributed by atoms with Gasteiger partial charge in [0, 0.05) is 33.0 Å². The fourth-order valence-electron chi connectivity index (χ4n) is 14.2. The number of anilines is 9. The molecule has 0 N–H and O–H groups in total. The molecule has 0 aromatic heterocycles. The monoisotopic (exact) mass is 1180 g/mol. The van der Waals surface area contributed by atoms with Gasteiger partial charge in [0.25, 0.3) is 0 Å². The first-order valence-electron chi connectivity index (χ1n) is 33.0. The predicted molar refractivity (Wildman–Crippen MR) is 385 cm³/mol. The second kappa shape index (κ2) is 22.7. The Bertz CT molecular complexity index is 3770. The Balaban J connectivity index is 1.11. The first kappa shape index (κ1) is 63.0. The molecule has 9 aromatic rings. The Morgan fingerprint density at radius 3 is 0.730 bits per heavy atom. The van der Waals surface area contributed by atoms with Crippen LogP contribution < -0.4 is 14.7 Å². The molecule has 0 fully saturated rings. The molecular weight excluding hydrogens is 1070 g/mol. The van der Waals surface area contributed by atoms with Gasteiger partial charge in [0.05, 0.1) is 39.8 Å². The third-order valence-corrected chi connectivity index (χ3v) is 19.3. The minimum atomic E-state index is -0.304. The number of nitrogens with zero attached hydrogens (tertiary/aromatic N) is 3. The Morgan fingerprint density at radius 2 is 0.461 bits per heavy atom. The molecule has 2 aliphatic rings. The number of rotatable bonds is 14. The average molecular weight is 1180 g/mol.